The van der Waals surface area contributed by atoms with Crippen molar-refractivity contribution in [3.63, 3.8) is 0 Å². The number of hydrazone groups is 1. The van der Waals surface area contributed by atoms with Crippen molar-refractivity contribution in [1.29, 1.82) is 0 Å². The van der Waals surface area contributed by atoms with E-state index in [4.69, 9.17) is 4.98 Å². The molecule has 0 saturated carbocycles. The lowest BCUT2D eigenvalue weighted by atomic mass is 9.86. The second-order valence-corrected chi connectivity index (χ2v) is 9.68. The molecule has 4 aromatic rings. The molecule has 0 radical (unpaired) electrons. The van der Waals surface area contributed by atoms with Crippen molar-refractivity contribution in [1.82, 2.24) is 10.4 Å². The van der Waals surface area contributed by atoms with Gasteiger partial charge in [-0.1, -0.05) is 76.2 Å². The van der Waals surface area contributed by atoms with Crippen LogP contribution in [-0.4, -0.2) is 16.6 Å². The Bertz CT molecular complexity index is 1270. The van der Waals surface area contributed by atoms with Crippen LogP contribution in [0.3, 0.4) is 0 Å². The monoisotopic (exact) mass is 441 g/mol. The van der Waals surface area contributed by atoms with E-state index >= 15 is 0 Å². The number of nitrogens with zero attached hydrogens (tertiary/aromatic N) is 2. The summed E-state index contributed by atoms with van der Waals surface area (Å²) in [4.78, 5) is 19.1. The molecule has 0 saturated heterocycles. The molecule has 0 aliphatic heterocycles. The zero-order valence-electron chi connectivity index (χ0n) is 18.8. The predicted octanol–water partition coefficient (Wildman–Crippen LogP) is 6.80. The van der Waals surface area contributed by atoms with Crippen LogP contribution in [0.5, 0.6) is 0 Å². The molecule has 4 rings (SSSR count). The average Bonchev–Trinajstić information content (AvgIpc) is 3.33. The summed E-state index contributed by atoms with van der Waals surface area (Å²) >= 11 is 1.62. The van der Waals surface area contributed by atoms with E-state index in [1.807, 2.05) is 54.8 Å². The molecule has 0 aliphatic carbocycles. The maximum Gasteiger partial charge on any atom is 0.272 e. The fourth-order valence-corrected chi connectivity index (χ4v) is 4.37. The normalized spacial score (nSPS) is 12.2. The van der Waals surface area contributed by atoms with Crippen LogP contribution < -0.4 is 5.43 Å². The molecule has 4 nitrogen and oxygen atoms in total. The van der Waals surface area contributed by atoms with E-state index in [2.05, 4.69) is 55.6 Å². The number of pyridine rings is 1. The van der Waals surface area contributed by atoms with Gasteiger partial charge in [0.05, 0.1) is 27.4 Å². The van der Waals surface area contributed by atoms with E-state index in [-0.39, 0.29) is 11.3 Å². The lowest BCUT2D eigenvalue weighted by Crippen LogP contribution is -2.20. The highest BCUT2D eigenvalue weighted by Gasteiger charge is 2.16. The average molecular weight is 442 g/mol. The third kappa shape index (κ3) is 4.63. The molecule has 2 aromatic heterocycles. The van der Waals surface area contributed by atoms with Crippen molar-refractivity contribution in [3.8, 4) is 11.3 Å². The summed E-state index contributed by atoms with van der Waals surface area (Å²) in [5, 5.41) is 7.24. The quantitative estimate of drug-likeness (QED) is 0.273. The fourth-order valence-electron chi connectivity index (χ4n) is 3.58. The SMILES string of the molecule is CCC(=NNC(=O)c1cc(-c2ccc(C(C)(C)C)cc2)nc2ccccc12)c1cccs1. The predicted molar refractivity (Wildman–Crippen MR) is 134 cm³/mol. The van der Waals surface area contributed by atoms with Crippen molar-refractivity contribution in [2.45, 2.75) is 39.5 Å². The van der Waals surface area contributed by atoms with Gasteiger partial charge in [0, 0.05) is 10.9 Å². The second-order valence-electron chi connectivity index (χ2n) is 8.73. The molecule has 0 spiro atoms. The molecule has 1 N–H and O–H groups in total. The van der Waals surface area contributed by atoms with E-state index in [9.17, 15) is 4.79 Å². The van der Waals surface area contributed by atoms with Crippen LogP contribution in [0.2, 0.25) is 0 Å². The molecule has 5 heteroatoms. The number of fused-ring (bicyclic) bond motifs is 1. The van der Waals surface area contributed by atoms with Gasteiger partial charge in [0.1, 0.15) is 0 Å². The van der Waals surface area contributed by atoms with Crippen LogP contribution in [0.25, 0.3) is 22.2 Å². The Hall–Kier alpha value is -3.31. The molecule has 162 valence electrons. The fraction of sp³-hybridized carbons (Fsp3) is 0.222. The van der Waals surface area contributed by atoms with E-state index in [1.165, 1.54) is 5.56 Å². The maximum atomic E-state index is 13.2. The molecule has 1 amide bonds. The Balaban J connectivity index is 1.72. The van der Waals surface area contributed by atoms with Crippen LogP contribution in [0.4, 0.5) is 0 Å². The molecular formula is C27H27N3OS. The van der Waals surface area contributed by atoms with E-state index in [0.29, 0.717) is 5.56 Å². The largest absolute Gasteiger partial charge is 0.272 e. The number of rotatable bonds is 5. The molecule has 32 heavy (non-hydrogen) atoms. The van der Waals surface area contributed by atoms with Crippen molar-refractivity contribution in [2.24, 2.45) is 5.10 Å². The molecule has 2 heterocycles. The summed E-state index contributed by atoms with van der Waals surface area (Å²) in [6.07, 6.45) is 0.739. The molecular weight excluding hydrogens is 414 g/mol. The Morgan fingerprint density at radius 2 is 1.78 bits per heavy atom. The number of hydrogen-bond acceptors (Lipinski definition) is 4. The molecule has 0 unspecified atom stereocenters. The highest BCUT2D eigenvalue weighted by Crippen LogP contribution is 2.28. The summed E-state index contributed by atoms with van der Waals surface area (Å²) in [5.74, 6) is -0.237. The minimum absolute atomic E-state index is 0.0813. The lowest BCUT2D eigenvalue weighted by Gasteiger charge is -2.19. The van der Waals surface area contributed by atoms with Crippen molar-refractivity contribution < 1.29 is 4.79 Å². The Morgan fingerprint density at radius 1 is 1.03 bits per heavy atom. The van der Waals surface area contributed by atoms with Crippen LogP contribution in [0.1, 0.15) is 54.9 Å². The third-order valence-corrected chi connectivity index (χ3v) is 6.36. The van der Waals surface area contributed by atoms with E-state index in [1.54, 1.807) is 11.3 Å². The summed E-state index contributed by atoms with van der Waals surface area (Å²) in [7, 11) is 0. The number of benzene rings is 2. The van der Waals surface area contributed by atoms with Gasteiger partial charge < -0.3 is 0 Å². The second kappa shape index (κ2) is 9.05. The number of thiophene rings is 1. The van der Waals surface area contributed by atoms with Gasteiger partial charge in [-0.05, 0) is 41.0 Å². The highest BCUT2D eigenvalue weighted by molar-refractivity contribution is 7.12. The zero-order chi connectivity index (χ0) is 22.7. The first-order valence-corrected chi connectivity index (χ1v) is 11.7. The Morgan fingerprint density at radius 3 is 2.44 bits per heavy atom. The van der Waals surface area contributed by atoms with Crippen LogP contribution in [0, 0.1) is 0 Å². The van der Waals surface area contributed by atoms with Gasteiger partial charge in [-0.15, -0.1) is 11.3 Å². The van der Waals surface area contributed by atoms with Gasteiger partial charge in [-0.25, -0.2) is 10.4 Å². The van der Waals surface area contributed by atoms with Crippen LogP contribution >= 0.6 is 11.3 Å². The first-order valence-electron chi connectivity index (χ1n) is 10.8. The van der Waals surface area contributed by atoms with Crippen LogP contribution in [0.15, 0.2) is 77.2 Å². The minimum atomic E-state index is -0.237. The number of amides is 1. The minimum Gasteiger partial charge on any atom is -0.267 e. The number of aromatic nitrogens is 1. The topological polar surface area (TPSA) is 54.4 Å². The Labute approximate surface area is 193 Å². The number of hydrogen-bond donors (Lipinski definition) is 1. The molecule has 0 aliphatic rings. The standard InChI is InChI=1S/C27H27N3OS/c1-5-22(25-11-8-16-32-25)29-30-26(31)21-17-24(28-23-10-7-6-9-20(21)23)18-12-14-19(15-13-18)27(2,3)4/h6-17H,5H2,1-4H3,(H,30,31). The molecule has 0 fully saturated rings. The van der Waals surface area contributed by atoms with Crippen molar-refractivity contribution in [2.75, 3.05) is 0 Å². The maximum absolute atomic E-state index is 13.2. The number of para-hydroxylation sites is 1. The van der Waals surface area contributed by atoms with Gasteiger partial charge >= 0.3 is 0 Å². The molecule has 2 aromatic carbocycles. The molecule has 0 bridgehead atoms. The van der Waals surface area contributed by atoms with Crippen molar-refractivity contribution >= 4 is 33.9 Å². The van der Waals surface area contributed by atoms with Gasteiger partial charge in [-0.3, -0.25) is 4.79 Å². The summed E-state index contributed by atoms with van der Waals surface area (Å²) in [6, 6.07) is 22.0. The number of carbonyl (C=O) groups excluding carboxylic acids is 1. The van der Waals surface area contributed by atoms with Gasteiger partial charge in [0.15, 0.2) is 0 Å². The zero-order valence-corrected chi connectivity index (χ0v) is 19.7. The van der Waals surface area contributed by atoms with E-state index in [0.717, 1.165) is 39.2 Å². The molecule has 0 atom stereocenters. The van der Waals surface area contributed by atoms with Gasteiger partial charge in [-0.2, -0.15) is 5.10 Å². The first kappa shape index (κ1) is 21.9. The van der Waals surface area contributed by atoms with E-state index < -0.39 is 0 Å². The number of nitrogens with one attached hydrogen (secondary N) is 1. The Kier molecular flexibility index (Phi) is 6.19. The summed E-state index contributed by atoms with van der Waals surface area (Å²) in [6.45, 7) is 8.62. The summed E-state index contributed by atoms with van der Waals surface area (Å²) in [5.41, 5.74) is 8.07. The van der Waals surface area contributed by atoms with Crippen LogP contribution in [-0.2, 0) is 5.41 Å². The van der Waals surface area contributed by atoms with Gasteiger partial charge in [0.2, 0.25) is 0 Å². The first-order chi connectivity index (χ1) is 15.4. The smallest absolute Gasteiger partial charge is 0.267 e. The number of carbonyl (C=O) groups is 1. The third-order valence-electron chi connectivity index (χ3n) is 5.44. The summed E-state index contributed by atoms with van der Waals surface area (Å²) < 4.78 is 0. The van der Waals surface area contributed by atoms with Crippen molar-refractivity contribution in [3.05, 3.63) is 88.1 Å². The highest BCUT2D eigenvalue weighted by atomic mass is 32.1. The lowest BCUT2D eigenvalue weighted by molar-refractivity contribution is 0.0956. The van der Waals surface area contributed by atoms with Gasteiger partial charge in [0.25, 0.3) is 5.91 Å².